The molecule has 0 N–H and O–H groups in total. The molecule has 0 aliphatic heterocycles. The van der Waals surface area contributed by atoms with E-state index < -0.39 is 71.3 Å². The standard InChI is InChI=1S/C19H15F15O3/c1-3-37-12(35)10-7-5-4-6-9(10)11(36-2)8-13(20,21)14(22,23)15(24,25)16(26,27)17(28,29)18(30,31)19(32,33)34/h4-7,11H,3,8H2,1-2H3. The number of hydrogen-bond acceptors (Lipinski definition) is 3. The van der Waals surface area contributed by atoms with Crippen LogP contribution in [0.4, 0.5) is 65.9 Å². The zero-order chi connectivity index (χ0) is 29.5. The van der Waals surface area contributed by atoms with Crippen LogP contribution in [0.25, 0.3) is 0 Å². The zero-order valence-electron chi connectivity index (χ0n) is 18.2. The number of carbonyl (C=O) groups is 1. The first-order valence-corrected chi connectivity index (χ1v) is 9.51. The Balaban J connectivity index is 3.57. The second-order valence-electron chi connectivity index (χ2n) is 7.31. The van der Waals surface area contributed by atoms with E-state index in [9.17, 15) is 70.7 Å². The maximum Gasteiger partial charge on any atom is 0.460 e. The molecule has 0 heterocycles. The predicted octanol–water partition coefficient (Wildman–Crippen LogP) is 7.32. The van der Waals surface area contributed by atoms with Crippen molar-refractivity contribution in [2.24, 2.45) is 0 Å². The summed E-state index contributed by atoms with van der Waals surface area (Å²) in [5, 5.41) is 0. The smallest absolute Gasteiger partial charge is 0.460 e. The van der Waals surface area contributed by atoms with Crippen LogP contribution in [-0.2, 0) is 9.47 Å². The van der Waals surface area contributed by atoms with Crippen LogP contribution in [0.5, 0.6) is 0 Å². The molecule has 0 aromatic heterocycles. The number of methoxy groups -OCH3 is 1. The molecule has 0 saturated carbocycles. The largest absolute Gasteiger partial charge is 0.462 e. The van der Waals surface area contributed by atoms with E-state index in [1.54, 1.807) is 0 Å². The van der Waals surface area contributed by atoms with Crippen molar-refractivity contribution in [2.45, 2.75) is 61.2 Å². The predicted molar refractivity (Wildman–Crippen MR) is 92.5 cm³/mol. The first-order valence-electron chi connectivity index (χ1n) is 9.51. The first-order chi connectivity index (χ1) is 16.4. The Morgan fingerprint density at radius 3 is 1.59 bits per heavy atom. The van der Waals surface area contributed by atoms with E-state index in [1.807, 2.05) is 0 Å². The van der Waals surface area contributed by atoms with Gasteiger partial charge in [0.15, 0.2) is 0 Å². The van der Waals surface area contributed by atoms with E-state index in [4.69, 9.17) is 0 Å². The van der Waals surface area contributed by atoms with Gasteiger partial charge >= 0.3 is 47.7 Å². The number of alkyl halides is 15. The molecular weight excluding hydrogens is 561 g/mol. The summed E-state index contributed by atoms with van der Waals surface area (Å²) < 4.78 is 210. The van der Waals surface area contributed by atoms with Crippen LogP contribution in [0, 0.1) is 0 Å². The number of carbonyl (C=O) groups excluding carboxylic acids is 1. The minimum atomic E-state index is -8.38. The molecule has 3 nitrogen and oxygen atoms in total. The van der Waals surface area contributed by atoms with E-state index in [1.165, 1.54) is 6.92 Å². The van der Waals surface area contributed by atoms with E-state index in [0.717, 1.165) is 24.3 Å². The molecule has 0 bridgehead atoms. The molecule has 1 unspecified atom stereocenters. The normalized spacial score (nSPS) is 15.5. The van der Waals surface area contributed by atoms with Gasteiger partial charge in [-0.3, -0.25) is 0 Å². The van der Waals surface area contributed by atoms with Gasteiger partial charge in [0.25, 0.3) is 0 Å². The number of halogens is 15. The summed E-state index contributed by atoms with van der Waals surface area (Å²) in [5.41, 5.74) is -1.42. The van der Waals surface area contributed by atoms with Crippen LogP contribution >= 0.6 is 0 Å². The third-order valence-electron chi connectivity index (χ3n) is 4.92. The molecule has 1 atom stereocenters. The molecule has 1 rings (SSSR count). The van der Waals surface area contributed by atoms with E-state index in [0.29, 0.717) is 7.11 Å². The lowest BCUT2D eigenvalue weighted by molar-refractivity contribution is -0.453. The molecule has 0 aliphatic rings. The van der Waals surface area contributed by atoms with Gasteiger partial charge in [-0.1, -0.05) is 18.2 Å². The van der Waals surface area contributed by atoms with E-state index in [2.05, 4.69) is 9.47 Å². The van der Waals surface area contributed by atoms with Gasteiger partial charge in [0.05, 0.1) is 18.3 Å². The van der Waals surface area contributed by atoms with Crippen LogP contribution in [0.15, 0.2) is 24.3 Å². The molecule has 0 fully saturated rings. The van der Waals surface area contributed by atoms with E-state index in [-0.39, 0.29) is 6.61 Å². The zero-order valence-corrected chi connectivity index (χ0v) is 18.2. The van der Waals surface area contributed by atoms with Gasteiger partial charge in [-0.15, -0.1) is 0 Å². The van der Waals surface area contributed by atoms with Crippen molar-refractivity contribution in [3.63, 3.8) is 0 Å². The molecule has 0 amide bonds. The summed E-state index contributed by atoms with van der Waals surface area (Å²) in [6.07, 6.45) is -13.0. The van der Waals surface area contributed by atoms with Gasteiger partial charge in [-0.25, -0.2) is 4.79 Å². The number of benzene rings is 1. The van der Waals surface area contributed by atoms with Crippen LogP contribution < -0.4 is 0 Å². The van der Waals surface area contributed by atoms with Crippen molar-refractivity contribution in [3.8, 4) is 0 Å². The fraction of sp³-hybridized carbons (Fsp3) is 0.632. The van der Waals surface area contributed by atoms with Gasteiger partial charge in [-0.2, -0.15) is 65.9 Å². The van der Waals surface area contributed by atoms with Crippen LogP contribution in [0.1, 0.15) is 35.4 Å². The monoisotopic (exact) mass is 576 g/mol. The maximum absolute atomic E-state index is 14.3. The number of esters is 1. The summed E-state index contributed by atoms with van der Waals surface area (Å²) in [4.78, 5) is 11.9. The number of hydrogen-bond donors (Lipinski definition) is 0. The molecule has 1 aromatic carbocycles. The minimum Gasteiger partial charge on any atom is -0.462 e. The van der Waals surface area contributed by atoms with Crippen LogP contribution in [0.2, 0.25) is 0 Å². The molecule has 18 heteroatoms. The Hall–Kier alpha value is -2.40. The third kappa shape index (κ3) is 5.16. The molecule has 37 heavy (non-hydrogen) atoms. The average molecular weight is 576 g/mol. The van der Waals surface area contributed by atoms with E-state index >= 15 is 0 Å². The van der Waals surface area contributed by atoms with Crippen molar-refractivity contribution >= 4 is 5.97 Å². The van der Waals surface area contributed by atoms with Crippen LogP contribution in [-0.4, -0.2) is 61.4 Å². The molecular formula is C19H15F15O3. The van der Waals surface area contributed by atoms with Gasteiger partial charge in [-0.05, 0) is 18.6 Å². The Kier molecular flexibility index (Phi) is 8.87. The Morgan fingerprint density at radius 1 is 0.730 bits per heavy atom. The molecule has 214 valence electrons. The summed E-state index contributed by atoms with van der Waals surface area (Å²) in [5.74, 6) is -48.4. The highest BCUT2D eigenvalue weighted by molar-refractivity contribution is 5.91. The highest BCUT2D eigenvalue weighted by Gasteiger charge is 2.93. The Labute approximate surface area is 197 Å². The van der Waals surface area contributed by atoms with Crippen LogP contribution in [0.3, 0.4) is 0 Å². The quantitative estimate of drug-likeness (QED) is 0.205. The molecule has 0 spiro atoms. The third-order valence-corrected chi connectivity index (χ3v) is 4.92. The molecule has 0 radical (unpaired) electrons. The minimum absolute atomic E-state index is 0.308. The van der Waals surface area contributed by atoms with Crippen molar-refractivity contribution in [1.29, 1.82) is 0 Å². The van der Waals surface area contributed by atoms with Crippen molar-refractivity contribution in [2.75, 3.05) is 13.7 Å². The van der Waals surface area contributed by atoms with Gasteiger partial charge < -0.3 is 9.47 Å². The van der Waals surface area contributed by atoms with Gasteiger partial charge in [0.2, 0.25) is 0 Å². The number of ether oxygens (including phenoxy) is 2. The fourth-order valence-corrected chi connectivity index (χ4v) is 2.85. The second kappa shape index (κ2) is 10.1. The first kappa shape index (κ1) is 32.6. The highest BCUT2D eigenvalue weighted by atomic mass is 19.4. The molecule has 0 aliphatic carbocycles. The number of rotatable bonds is 11. The fourth-order valence-electron chi connectivity index (χ4n) is 2.85. The van der Waals surface area contributed by atoms with Crippen molar-refractivity contribution in [1.82, 2.24) is 0 Å². The summed E-state index contributed by atoms with van der Waals surface area (Å²) >= 11 is 0. The van der Waals surface area contributed by atoms with Crippen molar-refractivity contribution in [3.05, 3.63) is 35.4 Å². The highest BCUT2D eigenvalue weighted by Crippen LogP contribution is 2.63. The van der Waals surface area contributed by atoms with Gasteiger partial charge in [0.1, 0.15) is 0 Å². The SMILES string of the molecule is CCOC(=O)c1ccccc1C(CC(F)(F)C(F)(F)C(F)(F)C(F)(F)C(F)(F)C(F)(F)C(F)(F)F)OC. The molecule has 1 aromatic rings. The lowest BCUT2D eigenvalue weighted by atomic mass is 9.88. The topological polar surface area (TPSA) is 35.5 Å². The summed E-state index contributed by atoms with van der Waals surface area (Å²) in [6, 6.07) is 3.69. The molecule has 0 saturated heterocycles. The summed E-state index contributed by atoms with van der Waals surface area (Å²) in [7, 11) is 0.492. The lowest BCUT2D eigenvalue weighted by Crippen LogP contribution is -2.72. The second-order valence-corrected chi connectivity index (χ2v) is 7.31. The average Bonchev–Trinajstić information content (AvgIpc) is 2.76. The van der Waals surface area contributed by atoms with Crippen molar-refractivity contribution < 1.29 is 80.1 Å². The Bertz CT molecular complexity index is 956. The Morgan fingerprint density at radius 2 is 1.16 bits per heavy atom. The maximum atomic E-state index is 14.3. The summed E-state index contributed by atoms with van der Waals surface area (Å²) in [6.45, 7) is 0.973. The lowest BCUT2D eigenvalue weighted by Gasteiger charge is -2.42. The van der Waals surface area contributed by atoms with Gasteiger partial charge in [0, 0.05) is 13.5 Å².